The zero-order valence-corrected chi connectivity index (χ0v) is 47.2. The van der Waals surface area contributed by atoms with Crippen LogP contribution in [0.15, 0.2) is 54.7 Å². The number of rotatable bonds is 11. The Morgan fingerprint density at radius 2 is 1.38 bits per heavy atom. The first-order chi connectivity index (χ1) is 35.8. The van der Waals surface area contributed by atoms with E-state index in [0.29, 0.717) is 30.2 Å². The number of likely N-dealkylation sites (tertiary alicyclic amines) is 2. The summed E-state index contributed by atoms with van der Waals surface area (Å²) in [5, 5.41) is 15.8. The van der Waals surface area contributed by atoms with Gasteiger partial charge in [0.2, 0.25) is 18.7 Å². The molecule has 2 saturated carbocycles. The van der Waals surface area contributed by atoms with E-state index < -0.39 is 6.04 Å². The lowest BCUT2D eigenvalue weighted by atomic mass is 9.80. The average Bonchev–Trinajstić information content (AvgIpc) is 4.28. The molecule has 10 rings (SSSR count). The fraction of sp³-hybridized carbons (Fsp3) is 0.590. The van der Waals surface area contributed by atoms with E-state index in [1.807, 2.05) is 59.9 Å². The summed E-state index contributed by atoms with van der Waals surface area (Å²) < 4.78 is 4.25. The number of carboxylic acid groups (broad SMARTS) is 1. The minimum absolute atomic E-state index is 0.0123. The van der Waals surface area contributed by atoms with E-state index in [9.17, 15) is 14.4 Å². The Bertz CT molecular complexity index is 2350. The summed E-state index contributed by atoms with van der Waals surface area (Å²) in [6.45, 7) is 17.0. The third-order valence-corrected chi connectivity index (χ3v) is 15.5. The maximum atomic E-state index is 13.6. The van der Waals surface area contributed by atoms with Gasteiger partial charge < -0.3 is 40.6 Å². The van der Waals surface area contributed by atoms with Crippen LogP contribution in [0.5, 0.6) is 0 Å². The van der Waals surface area contributed by atoms with Crippen molar-refractivity contribution in [1.29, 1.82) is 0 Å². The summed E-state index contributed by atoms with van der Waals surface area (Å²) in [7, 11) is 9.00. The molecule has 13 heteroatoms. The number of anilines is 1. The van der Waals surface area contributed by atoms with Gasteiger partial charge in [0.15, 0.2) is 0 Å². The van der Waals surface area contributed by atoms with E-state index in [2.05, 4.69) is 95.0 Å². The summed E-state index contributed by atoms with van der Waals surface area (Å²) in [5.41, 5.74) is 15.8. The van der Waals surface area contributed by atoms with Crippen LogP contribution < -0.4 is 16.0 Å². The number of carbonyl (C=O) groups is 4. The molecule has 4 fully saturated rings. The quantitative estimate of drug-likeness (QED) is 0.0918. The number of fused-ring (bicyclic) bond motifs is 6. The predicted molar refractivity (Wildman–Crippen MR) is 304 cm³/mol. The molecule has 408 valence electrons. The molecule has 4 aliphatic carbocycles. The fourth-order valence-electron chi connectivity index (χ4n) is 11.9. The summed E-state index contributed by atoms with van der Waals surface area (Å²) in [4.78, 5) is 55.6. The molecule has 3 unspecified atom stereocenters. The van der Waals surface area contributed by atoms with Crippen LogP contribution in [0.3, 0.4) is 0 Å². The van der Waals surface area contributed by atoms with Crippen LogP contribution >= 0.6 is 0 Å². The molecule has 2 aliphatic heterocycles. The van der Waals surface area contributed by atoms with Crippen LogP contribution in [0.25, 0.3) is 33.5 Å². The van der Waals surface area contributed by atoms with E-state index in [1.165, 1.54) is 110 Å². The molecule has 1 spiro atoms. The number of aromatic nitrogens is 2. The zero-order chi connectivity index (χ0) is 54.4. The van der Waals surface area contributed by atoms with E-state index >= 15 is 0 Å². The smallest absolute Gasteiger partial charge is 0.290 e. The van der Waals surface area contributed by atoms with Crippen molar-refractivity contribution in [2.24, 2.45) is 17.3 Å². The van der Waals surface area contributed by atoms with E-state index in [-0.39, 0.29) is 24.3 Å². The zero-order valence-electron chi connectivity index (χ0n) is 47.2. The van der Waals surface area contributed by atoms with Crippen LogP contribution in [0.2, 0.25) is 0 Å². The first-order valence-corrected chi connectivity index (χ1v) is 27.7. The standard InChI is InChI=1S/C44H51N5O2.C5H9NO.C5H12.C2H7N.C2H6O.C2H6.CH2O2/c1-26(2)41(47-25-50)43(51)49-19-7-10-38(49)42-46-24-37(48-42)34-16-15-33(39-28-11-12-29(20-28)40(34)39)32-14-13-31(27-8-6-9-30(21-27)45-3)35-22-44(23-36(32)35)17-4-5-18-44;7-5-6-3-1-2-4-6;1-4-5(2)3;2*1-3-2;1-2;2-1-3/h6,8-9,13-16,21,24-26,28-29,38,41,45H,4-5,7,10-12,17-20,22-23H2,1-3H3,(H,46,48)(H,47,50);5H,1-4H2;5H,4H2,1-3H3;3H,1-2H3;1-2H3;1-2H3;1H,(H,2,3)/t28?,29?,38-,41?;;;;;;/m1....../s1. The molecule has 2 bridgehead atoms. The number of H-pyrrole nitrogens is 1. The number of methoxy groups -OCH3 is 1. The van der Waals surface area contributed by atoms with Gasteiger partial charge in [-0.25, -0.2) is 4.98 Å². The Morgan fingerprint density at radius 3 is 1.92 bits per heavy atom. The van der Waals surface area contributed by atoms with Gasteiger partial charge in [-0.3, -0.25) is 19.2 Å². The number of nitrogens with one attached hydrogen (secondary N) is 4. The number of amides is 3. The fourth-order valence-corrected chi connectivity index (χ4v) is 11.9. The van der Waals surface area contributed by atoms with Gasteiger partial charge in [0.1, 0.15) is 11.9 Å². The highest BCUT2D eigenvalue weighted by Gasteiger charge is 2.45. The highest BCUT2D eigenvalue weighted by Crippen LogP contribution is 2.60. The Morgan fingerprint density at radius 1 is 0.824 bits per heavy atom. The number of aromatic amines is 1. The van der Waals surface area contributed by atoms with Crippen molar-refractivity contribution in [3.05, 3.63) is 82.8 Å². The monoisotopic (exact) mass is 1020 g/mol. The Hall–Kier alpha value is -5.53. The second-order valence-corrected chi connectivity index (χ2v) is 21.2. The van der Waals surface area contributed by atoms with Crippen LogP contribution in [-0.4, -0.2) is 111 Å². The summed E-state index contributed by atoms with van der Waals surface area (Å²) >= 11 is 0. The lowest BCUT2D eigenvalue weighted by Crippen LogP contribution is -2.48. The van der Waals surface area contributed by atoms with Gasteiger partial charge >= 0.3 is 0 Å². The largest absolute Gasteiger partial charge is 0.483 e. The van der Waals surface area contributed by atoms with E-state index in [0.717, 1.165) is 55.5 Å². The van der Waals surface area contributed by atoms with Crippen LogP contribution in [0.1, 0.15) is 171 Å². The third-order valence-electron chi connectivity index (χ3n) is 15.5. The highest BCUT2D eigenvalue weighted by molar-refractivity contribution is 5.86. The second-order valence-electron chi connectivity index (χ2n) is 21.2. The molecular weight excluding hydrogens is 927 g/mol. The molecule has 3 amide bonds. The van der Waals surface area contributed by atoms with Crippen molar-refractivity contribution in [1.82, 2.24) is 30.4 Å². The Kier molecular flexibility index (Phi) is 25.4. The molecule has 3 aromatic carbocycles. The van der Waals surface area contributed by atoms with E-state index in [4.69, 9.17) is 14.9 Å². The molecule has 5 N–H and O–H groups in total. The molecule has 6 aliphatic rings. The SMILES string of the molecule is CC.CCC(C)C.CNC.CNc1cccc(-c2ccc(-c3ccc(-c4cnc([C@H]5CCCN5C(=O)C(NC=O)C(C)C)[nH]4)c4c3C3CCC4C3)c3c2CC2(CCCC2)C3)c1.COC.O=CN1CCCC1.O=CO. The average molecular weight is 1020 g/mol. The van der Waals surface area contributed by atoms with Gasteiger partial charge in [-0.2, -0.15) is 0 Å². The molecule has 0 radical (unpaired) electrons. The molecule has 4 atom stereocenters. The third kappa shape index (κ3) is 15.1. The van der Waals surface area contributed by atoms with Gasteiger partial charge in [-0.1, -0.05) is 104 Å². The number of benzene rings is 3. The van der Waals surface area contributed by atoms with Crippen LogP contribution in [0.4, 0.5) is 5.69 Å². The molecule has 13 nitrogen and oxygen atoms in total. The lowest BCUT2D eigenvalue weighted by Gasteiger charge is -2.29. The van der Waals surface area contributed by atoms with Crippen molar-refractivity contribution >= 4 is 30.9 Å². The van der Waals surface area contributed by atoms with Crippen molar-refractivity contribution in [2.75, 3.05) is 60.3 Å². The number of carbonyl (C=O) groups excluding carboxylic acids is 3. The van der Waals surface area contributed by atoms with Gasteiger partial charge in [-0.05, 0) is 170 Å². The van der Waals surface area contributed by atoms with Crippen LogP contribution in [0, 0.1) is 17.3 Å². The minimum atomic E-state index is -0.526. The van der Waals surface area contributed by atoms with Gasteiger partial charge in [0.25, 0.3) is 6.47 Å². The Labute approximate surface area is 444 Å². The van der Waals surface area contributed by atoms with Crippen molar-refractivity contribution in [3.63, 3.8) is 0 Å². The first-order valence-electron chi connectivity index (χ1n) is 27.7. The van der Waals surface area contributed by atoms with Gasteiger partial charge in [0, 0.05) is 52.2 Å². The summed E-state index contributed by atoms with van der Waals surface area (Å²) in [6.07, 6.45) is 20.6. The molecule has 1 aromatic heterocycles. The van der Waals surface area contributed by atoms with Crippen LogP contribution in [-0.2, 0) is 36.8 Å². The normalized spacial score (nSPS) is 19.3. The number of hydrogen-bond acceptors (Lipinski definition) is 8. The van der Waals surface area contributed by atoms with E-state index in [1.54, 1.807) is 35.8 Å². The minimum Gasteiger partial charge on any atom is -0.483 e. The molecule has 4 aromatic rings. The first kappa shape index (κ1) is 61.0. The topological polar surface area (TPSA) is 169 Å². The number of hydrogen-bond donors (Lipinski definition) is 5. The number of imidazole rings is 1. The molecule has 74 heavy (non-hydrogen) atoms. The van der Waals surface area contributed by atoms with Crippen molar-refractivity contribution < 1.29 is 29.0 Å². The van der Waals surface area contributed by atoms with Crippen molar-refractivity contribution in [2.45, 2.75) is 162 Å². The maximum absolute atomic E-state index is 13.6. The van der Waals surface area contributed by atoms with Gasteiger partial charge in [0.05, 0.1) is 17.9 Å². The van der Waals surface area contributed by atoms with Gasteiger partial charge in [-0.15, -0.1) is 0 Å². The predicted octanol–water partition coefficient (Wildman–Crippen LogP) is 12.0. The summed E-state index contributed by atoms with van der Waals surface area (Å²) in [5.74, 6) is 2.91. The summed E-state index contributed by atoms with van der Waals surface area (Å²) in [6, 6.07) is 18.0. The highest BCUT2D eigenvalue weighted by atomic mass is 16.4. The molecule has 2 saturated heterocycles. The molecule has 3 heterocycles. The van der Waals surface area contributed by atoms with Crippen molar-refractivity contribution in [3.8, 4) is 33.5 Å². The second kappa shape index (κ2) is 30.7. The Balaban J connectivity index is 0.000000435. The maximum Gasteiger partial charge on any atom is 0.290 e. The number of ether oxygens (including phenoxy) is 1. The number of nitrogens with zero attached hydrogens (tertiary/aromatic N) is 3. The lowest BCUT2D eigenvalue weighted by molar-refractivity contribution is -0.137. The molecular formula is C61H93N7O6.